The van der Waals surface area contributed by atoms with E-state index in [0.29, 0.717) is 19.0 Å². The Balaban J connectivity index is 1.83. The van der Waals surface area contributed by atoms with Crippen molar-refractivity contribution in [3.05, 3.63) is 0 Å². The highest BCUT2D eigenvalue weighted by Crippen LogP contribution is 2.32. The molecule has 0 aromatic heterocycles. The molecule has 1 aliphatic heterocycles. The highest BCUT2D eigenvalue weighted by molar-refractivity contribution is 5.65. The summed E-state index contributed by atoms with van der Waals surface area (Å²) in [5.41, 5.74) is 0. The molecular formula is C12H21NO3. The maximum absolute atomic E-state index is 10.8. The van der Waals surface area contributed by atoms with Crippen LogP contribution in [0.2, 0.25) is 0 Å². The summed E-state index contributed by atoms with van der Waals surface area (Å²) < 4.78 is 0. The predicted octanol–water partition coefficient (Wildman–Crippen LogP) is 1.93. The minimum Gasteiger partial charge on any atom is -0.465 e. The van der Waals surface area contributed by atoms with Gasteiger partial charge in [0.1, 0.15) is 0 Å². The van der Waals surface area contributed by atoms with E-state index in [9.17, 15) is 9.90 Å². The van der Waals surface area contributed by atoms with Gasteiger partial charge >= 0.3 is 6.09 Å². The quantitative estimate of drug-likeness (QED) is 0.757. The predicted molar refractivity (Wildman–Crippen MR) is 60.3 cm³/mol. The Morgan fingerprint density at radius 3 is 2.44 bits per heavy atom. The van der Waals surface area contributed by atoms with E-state index in [0.717, 1.165) is 6.42 Å². The summed E-state index contributed by atoms with van der Waals surface area (Å²) in [6, 6.07) is 0. The first-order chi connectivity index (χ1) is 7.66. The fourth-order valence-corrected chi connectivity index (χ4v) is 3.09. The molecular weight excluding hydrogens is 206 g/mol. The molecule has 0 radical (unpaired) electrons. The topological polar surface area (TPSA) is 60.8 Å². The number of amides is 1. The number of aliphatic hydroxyl groups excluding tert-OH is 1. The highest BCUT2D eigenvalue weighted by Gasteiger charge is 2.35. The van der Waals surface area contributed by atoms with Crippen molar-refractivity contribution in [1.29, 1.82) is 0 Å². The van der Waals surface area contributed by atoms with Gasteiger partial charge in [-0.1, -0.05) is 32.1 Å². The first-order valence-corrected chi connectivity index (χ1v) is 6.32. The largest absolute Gasteiger partial charge is 0.465 e. The maximum Gasteiger partial charge on any atom is 0.407 e. The third-order valence-corrected chi connectivity index (χ3v) is 4.04. The van der Waals surface area contributed by atoms with Crippen LogP contribution in [0.25, 0.3) is 0 Å². The molecule has 2 rings (SSSR count). The van der Waals surface area contributed by atoms with Gasteiger partial charge in [-0.2, -0.15) is 0 Å². The average Bonchev–Trinajstić information content (AvgIpc) is 2.62. The summed E-state index contributed by atoms with van der Waals surface area (Å²) in [6.07, 6.45) is 6.12. The molecule has 1 amide bonds. The molecule has 4 nitrogen and oxygen atoms in total. The monoisotopic (exact) mass is 227 g/mol. The Hall–Kier alpha value is -0.770. The molecule has 0 aromatic carbocycles. The normalized spacial score (nSPS) is 31.9. The number of likely N-dealkylation sites (tertiary alicyclic amines) is 1. The van der Waals surface area contributed by atoms with Crippen LogP contribution in [0.3, 0.4) is 0 Å². The van der Waals surface area contributed by atoms with E-state index >= 15 is 0 Å². The second-order valence-corrected chi connectivity index (χ2v) is 5.25. The van der Waals surface area contributed by atoms with E-state index in [1.165, 1.54) is 37.0 Å². The number of carbonyl (C=O) groups is 1. The molecule has 16 heavy (non-hydrogen) atoms. The molecule has 4 heteroatoms. The smallest absolute Gasteiger partial charge is 0.407 e. The Labute approximate surface area is 96.3 Å². The fourth-order valence-electron chi connectivity index (χ4n) is 3.09. The first kappa shape index (κ1) is 11.7. The molecule has 2 fully saturated rings. The number of β-amino-alcohol motifs (C(OH)–C–C–N with tert-alkyl or cyclic N) is 1. The molecule has 1 heterocycles. The van der Waals surface area contributed by atoms with Gasteiger partial charge in [0.15, 0.2) is 0 Å². The summed E-state index contributed by atoms with van der Waals surface area (Å²) in [5, 5.41) is 18.7. The Morgan fingerprint density at radius 2 is 1.88 bits per heavy atom. The molecule has 2 N–H and O–H groups in total. The van der Waals surface area contributed by atoms with Gasteiger partial charge in [-0.3, -0.25) is 0 Å². The van der Waals surface area contributed by atoms with Crippen LogP contribution in [0.5, 0.6) is 0 Å². The van der Waals surface area contributed by atoms with Crippen LogP contribution >= 0.6 is 0 Å². The number of carboxylic acid groups (broad SMARTS) is 1. The number of nitrogens with zero attached hydrogens (tertiary/aromatic N) is 1. The number of hydrogen-bond acceptors (Lipinski definition) is 2. The van der Waals surface area contributed by atoms with E-state index in [1.807, 2.05) is 0 Å². The molecule has 1 saturated carbocycles. The van der Waals surface area contributed by atoms with E-state index in [2.05, 4.69) is 0 Å². The van der Waals surface area contributed by atoms with E-state index in [-0.39, 0.29) is 5.92 Å². The van der Waals surface area contributed by atoms with Gasteiger partial charge < -0.3 is 15.1 Å². The van der Waals surface area contributed by atoms with Gasteiger partial charge in [-0.25, -0.2) is 4.79 Å². The molecule has 0 aromatic rings. The maximum atomic E-state index is 10.8. The van der Waals surface area contributed by atoms with Crippen LogP contribution in [0, 0.1) is 11.8 Å². The van der Waals surface area contributed by atoms with Crippen molar-refractivity contribution in [2.45, 2.75) is 44.6 Å². The van der Waals surface area contributed by atoms with Gasteiger partial charge in [-0.15, -0.1) is 0 Å². The molecule has 0 spiro atoms. The van der Waals surface area contributed by atoms with Crippen molar-refractivity contribution < 1.29 is 15.0 Å². The SMILES string of the molecule is O=C(O)N1C[C@H](CC2CCCCC2)[C@@H](O)C1. The molecule has 1 saturated heterocycles. The zero-order chi connectivity index (χ0) is 11.5. The lowest BCUT2D eigenvalue weighted by Crippen LogP contribution is -2.27. The molecule has 2 atom stereocenters. The first-order valence-electron chi connectivity index (χ1n) is 6.32. The van der Waals surface area contributed by atoms with E-state index in [1.54, 1.807) is 0 Å². The molecule has 2 aliphatic rings. The molecule has 0 unspecified atom stereocenters. The summed E-state index contributed by atoms with van der Waals surface area (Å²) in [5.74, 6) is 0.876. The minimum atomic E-state index is -0.898. The lowest BCUT2D eigenvalue weighted by Gasteiger charge is -2.25. The number of aliphatic hydroxyl groups is 1. The average molecular weight is 227 g/mol. The van der Waals surface area contributed by atoms with Gasteiger partial charge in [-0.05, 0) is 12.3 Å². The van der Waals surface area contributed by atoms with Crippen LogP contribution in [0.4, 0.5) is 4.79 Å². The summed E-state index contributed by atoms with van der Waals surface area (Å²) in [7, 11) is 0. The molecule has 0 bridgehead atoms. The van der Waals surface area contributed by atoms with Crippen LogP contribution in [-0.4, -0.2) is 40.4 Å². The molecule has 1 aliphatic carbocycles. The second-order valence-electron chi connectivity index (χ2n) is 5.25. The second kappa shape index (κ2) is 5.04. The summed E-state index contributed by atoms with van der Waals surface area (Å²) in [4.78, 5) is 12.1. The van der Waals surface area contributed by atoms with Crippen molar-refractivity contribution in [3.63, 3.8) is 0 Å². The lowest BCUT2D eigenvalue weighted by molar-refractivity contribution is 0.120. The zero-order valence-corrected chi connectivity index (χ0v) is 9.64. The van der Waals surface area contributed by atoms with E-state index in [4.69, 9.17) is 5.11 Å². The Kier molecular flexibility index (Phi) is 3.69. The summed E-state index contributed by atoms with van der Waals surface area (Å²) >= 11 is 0. The van der Waals surface area contributed by atoms with Crippen molar-refractivity contribution in [2.75, 3.05) is 13.1 Å². The lowest BCUT2D eigenvalue weighted by atomic mass is 9.82. The summed E-state index contributed by atoms with van der Waals surface area (Å²) in [6.45, 7) is 0.819. The minimum absolute atomic E-state index is 0.166. The van der Waals surface area contributed by atoms with Crippen LogP contribution in [0.1, 0.15) is 38.5 Å². The van der Waals surface area contributed by atoms with Gasteiger partial charge in [0.25, 0.3) is 0 Å². The van der Waals surface area contributed by atoms with Gasteiger partial charge in [0, 0.05) is 12.5 Å². The third kappa shape index (κ3) is 2.67. The number of rotatable bonds is 2. The van der Waals surface area contributed by atoms with Crippen LogP contribution in [0.15, 0.2) is 0 Å². The third-order valence-electron chi connectivity index (χ3n) is 4.04. The highest BCUT2D eigenvalue weighted by atomic mass is 16.4. The van der Waals surface area contributed by atoms with Crippen molar-refractivity contribution >= 4 is 6.09 Å². The van der Waals surface area contributed by atoms with Gasteiger partial charge in [0.05, 0.1) is 12.6 Å². The fraction of sp³-hybridized carbons (Fsp3) is 0.917. The zero-order valence-electron chi connectivity index (χ0n) is 9.64. The van der Waals surface area contributed by atoms with Gasteiger partial charge in [0.2, 0.25) is 0 Å². The van der Waals surface area contributed by atoms with Crippen molar-refractivity contribution in [3.8, 4) is 0 Å². The Morgan fingerprint density at radius 1 is 1.19 bits per heavy atom. The number of hydrogen-bond donors (Lipinski definition) is 2. The Bertz CT molecular complexity index is 251. The van der Waals surface area contributed by atoms with Crippen LogP contribution in [-0.2, 0) is 0 Å². The van der Waals surface area contributed by atoms with E-state index < -0.39 is 12.2 Å². The van der Waals surface area contributed by atoms with Crippen molar-refractivity contribution in [1.82, 2.24) is 4.90 Å². The molecule has 92 valence electrons. The van der Waals surface area contributed by atoms with Crippen LogP contribution < -0.4 is 0 Å². The van der Waals surface area contributed by atoms with Crippen molar-refractivity contribution in [2.24, 2.45) is 11.8 Å². The standard InChI is InChI=1S/C12H21NO3/c14-11-8-13(12(15)16)7-10(11)6-9-4-2-1-3-5-9/h9-11,14H,1-8H2,(H,15,16)/t10-,11-/m0/s1.